The highest BCUT2D eigenvalue weighted by Crippen LogP contribution is 2.26. The molecule has 0 aromatic heterocycles. The molecule has 0 aliphatic heterocycles. The third-order valence-electron chi connectivity index (χ3n) is 2.20. The van der Waals surface area contributed by atoms with Crippen LogP contribution in [0.2, 0.25) is 0 Å². The fraction of sp³-hybridized carbons (Fsp3) is 0.417. The van der Waals surface area contributed by atoms with E-state index in [-0.39, 0.29) is 6.42 Å². The normalized spacial score (nSPS) is 12.0. The first-order valence-corrected chi connectivity index (χ1v) is 6.05. The number of rotatable bonds is 5. The van der Waals surface area contributed by atoms with Gasteiger partial charge in [-0.25, -0.2) is 4.79 Å². The van der Waals surface area contributed by atoms with Crippen molar-refractivity contribution in [2.45, 2.75) is 19.4 Å². The lowest BCUT2D eigenvalue weighted by Crippen LogP contribution is -2.24. The van der Waals surface area contributed by atoms with Crippen LogP contribution in [0.15, 0.2) is 22.7 Å². The molecule has 5 heteroatoms. The fourth-order valence-electron chi connectivity index (χ4n) is 1.39. The van der Waals surface area contributed by atoms with Crippen molar-refractivity contribution in [3.63, 3.8) is 0 Å². The van der Waals surface area contributed by atoms with Gasteiger partial charge in [-0.15, -0.1) is 0 Å². The maximum Gasteiger partial charge on any atom is 0.335 e. The molecule has 1 unspecified atom stereocenters. The van der Waals surface area contributed by atoms with Gasteiger partial charge in [-0.3, -0.25) is 0 Å². The van der Waals surface area contributed by atoms with Crippen molar-refractivity contribution >= 4 is 21.9 Å². The molecule has 0 aliphatic rings. The van der Waals surface area contributed by atoms with Crippen molar-refractivity contribution in [2.24, 2.45) is 0 Å². The van der Waals surface area contributed by atoms with Gasteiger partial charge >= 0.3 is 5.97 Å². The summed E-state index contributed by atoms with van der Waals surface area (Å²) in [6.07, 6.45) is -0.914. The summed E-state index contributed by atoms with van der Waals surface area (Å²) in [5.41, 5.74) is 0.832. The maximum atomic E-state index is 11.1. The molecule has 1 N–H and O–H groups in total. The molecule has 0 fully saturated rings. The molecule has 0 radical (unpaired) electrons. The number of halogens is 1. The van der Waals surface area contributed by atoms with Gasteiger partial charge < -0.3 is 14.6 Å². The lowest BCUT2D eigenvalue weighted by Gasteiger charge is -2.10. The summed E-state index contributed by atoms with van der Waals surface area (Å²) in [6.45, 7) is 2.49. The lowest BCUT2D eigenvalue weighted by molar-refractivity contribution is -0.150. The zero-order chi connectivity index (χ0) is 12.8. The number of carbonyl (C=O) groups is 1. The van der Waals surface area contributed by atoms with Crippen LogP contribution in [0.3, 0.4) is 0 Å². The zero-order valence-corrected chi connectivity index (χ0v) is 11.4. The number of aliphatic hydroxyl groups excluding tert-OH is 1. The molecule has 0 saturated heterocycles. The number of methoxy groups -OCH3 is 1. The van der Waals surface area contributed by atoms with E-state index in [9.17, 15) is 9.90 Å². The van der Waals surface area contributed by atoms with Gasteiger partial charge in [0.05, 0.1) is 18.2 Å². The van der Waals surface area contributed by atoms with Gasteiger partial charge in [-0.05, 0) is 40.5 Å². The smallest absolute Gasteiger partial charge is 0.335 e. The predicted molar refractivity (Wildman–Crippen MR) is 67.0 cm³/mol. The summed E-state index contributed by atoms with van der Waals surface area (Å²) in [4.78, 5) is 11.1. The summed E-state index contributed by atoms with van der Waals surface area (Å²) in [5, 5.41) is 9.51. The molecule has 0 spiro atoms. The van der Waals surface area contributed by atoms with E-state index in [2.05, 4.69) is 20.7 Å². The second kappa shape index (κ2) is 6.61. The average Bonchev–Trinajstić information content (AvgIpc) is 2.31. The van der Waals surface area contributed by atoms with Gasteiger partial charge in [0.1, 0.15) is 5.75 Å². The Kier molecular flexibility index (Phi) is 5.44. The number of benzene rings is 1. The number of aliphatic hydroxyl groups is 1. The standard InChI is InChI=1S/C12H15BrO4/c1-3-17-11-5-4-8(6-9(11)13)7-10(14)12(15)16-2/h4-6,10,14H,3,7H2,1-2H3. The van der Waals surface area contributed by atoms with Crippen LogP contribution < -0.4 is 4.74 Å². The third kappa shape index (κ3) is 4.02. The summed E-state index contributed by atoms with van der Waals surface area (Å²) in [5.74, 6) is 0.110. The van der Waals surface area contributed by atoms with E-state index < -0.39 is 12.1 Å². The lowest BCUT2D eigenvalue weighted by atomic mass is 10.1. The molecule has 94 valence electrons. The monoisotopic (exact) mass is 302 g/mol. The Morgan fingerprint density at radius 1 is 1.53 bits per heavy atom. The second-order valence-corrected chi connectivity index (χ2v) is 4.30. The highest BCUT2D eigenvalue weighted by molar-refractivity contribution is 9.10. The van der Waals surface area contributed by atoms with Gasteiger partial charge in [-0.1, -0.05) is 6.07 Å². The third-order valence-corrected chi connectivity index (χ3v) is 2.82. The second-order valence-electron chi connectivity index (χ2n) is 3.44. The van der Waals surface area contributed by atoms with E-state index >= 15 is 0 Å². The zero-order valence-electron chi connectivity index (χ0n) is 9.77. The molecule has 1 atom stereocenters. The molecular weight excluding hydrogens is 288 g/mol. The van der Waals surface area contributed by atoms with E-state index in [4.69, 9.17) is 4.74 Å². The minimum atomic E-state index is -1.13. The summed E-state index contributed by atoms with van der Waals surface area (Å²) in [6, 6.07) is 5.42. The molecular formula is C12H15BrO4. The van der Waals surface area contributed by atoms with E-state index in [1.165, 1.54) is 7.11 Å². The first-order valence-electron chi connectivity index (χ1n) is 5.25. The molecule has 1 aromatic rings. The Bertz CT molecular complexity index is 392. The first-order chi connectivity index (χ1) is 8.08. The molecule has 0 heterocycles. The van der Waals surface area contributed by atoms with Gasteiger partial charge in [0.2, 0.25) is 0 Å². The molecule has 1 rings (SSSR count). The highest BCUT2D eigenvalue weighted by Gasteiger charge is 2.16. The van der Waals surface area contributed by atoms with Crippen LogP contribution in [-0.4, -0.2) is 30.9 Å². The van der Waals surface area contributed by atoms with E-state index in [0.29, 0.717) is 6.61 Å². The molecule has 4 nitrogen and oxygen atoms in total. The Morgan fingerprint density at radius 3 is 2.76 bits per heavy atom. The number of hydrogen-bond acceptors (Lipinski definition) is 4. The highest BCUT2D eigenvalue weighted by atomic mass is 79.9. The minimum Gasteiger partial charge on any atom is -0.493 e. The van der Waals surface area contributed by atoms with Gasteiger partial charge in [0.25, 0.3) is 0 Å². The maximum absolute atomic E-state index is 11.1. The van der Waals surface area contributed by atoms with Gasteiger partial charge in [0, 0.05) is 6.42 Å². The molecule has 1 aromatic carbocycles. The first kappa shape index (κ1) is 14.0. The molecule has 0 bridgehead atoms. The van der Waals surface area contributed by atoms with E-state index in [0.717, 1.165) is 15.8 Å². The van der Waals surface area contributed by atoms with Crippen LogP contribution in [-0.2, 0) is 16.0 Å². The van der Waals surface area contributed by atoms with Crippen LogP contribution in [0.4, 0.5) is 0 Å². The Hall–Kier alpha value is -1.07. The van der Waals surface area contributed by atoms with Crippen LogP contribution >= 0.6 is 15.9 Å². The fourth-order valence-corrected chi connectivity index (χ4v) is 1.93. The number of carbonyl (C=O) groups excluding carboxylic acids is 1. The van der Waals surface area contributed by atoms with Crippen LogP contribution in [0.1, 0.15) is 12.5 Å². The van der Waals surface area contributed by atoms with E-state index in [1.54, 1.807) is 6.07 Å². The molecule has 0 saturated carbocycles. The molecule has 0 aliphatic carbocycles. The Morgan fingerprint density at radius 2 is 2.24 bits per heavy atom. The summed E-state index contributed by atoms with van der Waals surface area (Å²) < 4.78 is 10.6. The molecule has 17 heavy (non-hydrogen) atoms. The Labute approximate surface area is 109 Å². The van der Waals surface area contributed by atoms with Crippen molar-refractivity contribution in [3.05, 3.63) is 28.2 Å². The number of esters is 1. The van der Waals surface area contributed by atoms with Crippen LogP contribution in [0, 0.1) is 0 Å². The SMILES string of the molecule is CCOc1ccc(CC(O)C(=O)OC)cc1Br. The largest absolute Gasteiger partial charge is 0.493 e. The van der Waals surface area contributed by atoms with Crippen LogP contribution in [0.5, 0.6) is 5.75 Å². The topological polar surface area (TPSA) is 55.8 Å². The van der Waals surface area contributed by atoms with Crippen molar-refractivity contribution < 1.29 is 19.4 Å². The average molecular weight is 303 g/mol. The van der Waals surface area contributed by atoms with Gasteiger partial charge in [-0.2, -0.15) is 0 Å². The van der Waals surface area contributed by atoms with Crippen LogP contribution in [0.25, 0.3) is 0 Å². The summed E-state index contributed by atoms with van der Waals surface area (Å²) in [7, 11) is 1.25. The van der Waals surface area contributed by atoms with Crippen molar-refractivity contribution in [2.75, 3.05) is 13.7 Å². The Balaban J connectivity index is 2.73. The number of ether oxygens (including phenoxy) is 2. The van der Waals surface area contributed by atoms with Crippen molar-refractivity contribution in [3.8, 4) is 5.75 Å². The predicted octanol–water partition coefficient (Wildman–Crippen LogP) is 1.92. The van der Waals surface area contributed by atoms with Crippen molar-refractivity contribution in [1.82, 2.24) is 0 Å². The van der Waals surface area contributed by atoms with Crippen molar-refractivity contribution in [1.29, 1.82) is 0 Å². The quantitative estimate of drug-likeness (QED) is 0.845. The summed E-state index contributed by atoms with van der Waals surface area (Å²) >= 11 is 3.37. The number of hydrogen-bond donors (Lipinski definition) is 1. The van der Waals surface area contributed by atoms with E-state index in [1.807, 2.05) is 19.1 Å². The van der Waals surface area contributed by atoms with Gasteiger partial charge in [0.15, 0.2) is 6.10 Å². The minimum absolute atomic E-state index is 0.220. The molecule has 0 amide bonds.